The van der Waals surface area contributed by atoms with Crippen LogP contribution in [-0.2, 0) is 14.8 Å². The molecule has 2 heterocycles. The fraction of sp³-hybridized carbons (Fsp3) is 0.647. The van der Waals surface area contributed by atoms with Gasteiger partial charge >= 0.3 is 0 Å². The molecule has 1 spiro atoms. The number of hydrogen-bond donors (Lipinski definition) is 0. The molecule has 23 heavy (non-hydrogen) atoms. The molecule has 1 aromatic rings. The molecule has 0 aromatic heterocycles. The number of hydrogen-bond acceptors (Lipinski definition) is 4. The third-order valence-corrected chi connectivity index (χ3v) is 6.77. The lowest BCUT2D eigenvalue weighted by atomic mass is 9.81. The molecule has 1 atom stereocenters. The number of rotatable bonds is 3. The number of nitrogens with zero attached hydrogens (tertiary/aromatic N) is 2. The van der Waals surface area contributed by atoms with E-state index in [-0.39, 0.29) is 11.2 Å². The number of para-hydroxylation sites is 1. The van der Waals surface area contributed by atoms with Crippen molar-refractivity contribution < 1.29 is 13.2 Å². The van der Waals surface area contributed by atoms with Gasteiger partial charge in [-0.1, -0.05) is 18.2 Å². The fourth-order valence-corrected chi connectivity index (χ4v) is 4.92. The van der Waals surface area contributed by atoms with Crippen LogP contribution in [-0.4, -0.2) is 57.9 Å². The molecular weight excluding hydrogens is 312 g/mol. The van der Waals surface area contributed by atoms with Crippen molar-refractivity contribution >= 4 is 15.7 Å². The van der Waals surface area contributed by atoms with Gasteiger partial charge in [-0.05, 0) is 31.9 Å². The molecule has 0 amide bonds. The topological polar surface area (TPSA) is 49.9 Å². The maximum absolute atomic E-state index is 12.3. The van der Waals surface area contributed by atoms with Crippen LogP contribution in [0.3, 0.4) is 0 Å². The van der Waals surface area contributed by atoms with E-state index in [1.54, 1.807) is 11.2 Å². The second kappa shape index (κ2) is 6.79. The summed E-state index contributed by atoms with van der Waals surface area (Å²) >= 11 is 0. The summed E-state index contributed by atoms with van der Waals surface area (Å²) in [4.78, 5) is 2.34. The molecule has 2 saturated heterocycles. The molecule has 0 saturated carbocycles. The molecule has 3 rings (SSSR count). The summed E-state index contributed by atoms with van der Waals surface area (Å²) in [6, 6.07) is 10.3. The highest BCUT2D eigenvalue weighted by molar-refractivity contribution is 7.89. The van der Waals surface area contributed by atoms with Crippen LogP contribution in [0.25, 0.3) is 0 Å². The summed E-state index contributed by atoms with van der Waals surface area (Å²) in [7, 11) is -3.13. The summed E-state index contributed by atoms with van der Waals surface area (Å²) in [5.74, 6) is 0.173. The molecule has 2 aliphatic heterocycles. The van der Waals surface area contributed by atoms with Gasteiger partial charge in [-0.15, -0.1) is 0 Å². The van der Waals surface area contributed by atoms with Gasteiger partial charge in [-0.25, -0.2) is 12.7 Å². The molecule has 1 unspecified atom stereocenters. The molecule has 5 nitrogen and oxygen atoms in total. The molecule has 0 N–H and O–H groups in total. The Balaban J connectivity index is 1.82. The first-order valence-electron chi connectivity index (χ1n) is 8.40. The third-order valence-electron chi connectivity index (χ3n) is 4.95. The van der Waals surface area contributed by atoms with E-state index in [9.17, 15) is 8.42 Å². The first-order chi connectivity index (χ1) is 11.0. The molecule has 2 aliphatic rings. The maximum Gasteiger partial charge on any atom is 0.213 e. The van der Waals surface area contributed by atoms with Gasteiger partial charge in [0.05, 0.1) is 19.0 Å². The highest BCUT2D eigenvalue weighted by atomic mass is 32.2. The Labute approximate surface area is 139 Å². The molecule has 128 valence electrons. The molecular formula is C17H26N2O3S. The van der Waals surface area contributed by atoms with Gasteiger partial charge < -0.3 is 9.64 Å². The van der Waals surface area contributed by atoms with Crippen molar-refractivity contribution in [1.82, 2.24) is 4.31 Å². The van der Waals surface area contributed by atoms with E-state index in [2.05, 4.69) is 17.0 Å². The largest absolute Gasteiger partial charge is 0.379 e. The van der Waals surface area contributed by atoms with E-state index in [0.29, 0.717) is 26.3 Å². The predicted octanol–water partition coefficient (Wildman–Crippen LogP) is 1.96. The summed E-state index contributed by atoms with van der Waals surface area (Å²) in [5.41, 5.74) is 1.08. The standard InChI is InChI=1S/C17H26N2O3S/c1-2-23(20,21)19-10-6-9-17(14-19)13-18(11-12-22-15-17)16-7-4-3-5-8-16/h3-5,7-8H,2,6,9-15H2,1H3. The van der Waals surface area contributed by atoms with Crippen LogP contribution >= 0.6 is 0 Å². The van der Waals surface area contributed by atoms with Crippen LogP contribution in [0.15, 0.2) is 30.3 Å². The number of piperidine rings is 1. The highest BCUT2D eigenvalue weighted by Crippen LogP contribution is 2.35. The Morgan fingerprint density at radius 2 is 1.96 bits per heavy atom. The van der Waals surface area contributed by atoms with Crippen LogP contribution in [0.2, 0.25) is 0 Å². The van der Waals surface area contributed by atoms with Crippen LogP contribution in [0.5, 0.6) is 0 Å². The first kappa shape index (κ1) is 16.7. The summed E-state index contributed by atoms with van der Waals surface area (Å²) in [6.45, 7) is 5.98. The molecule has 1 aromatic carbocycles. The molecule has 0 bridgehead atoms. The summed E-state index contributed by atoms with van der Waals surface area (Å²) in [5, 5.41) is 0. The zero-order chi connectivity index (χ0) is 16.3. The van der Waals surface area contributed by atoms with E-state index in [4.69, 9.17) is 4.74 Å². The normalized spacial score (nSPS) is 27.1. The average Bonchev–Trinajstić information content (AvgIpc) is 2.78. The van der Waals surface area contributed by atoms with Crippen LogP contribution in [0.1, 0.15) is 19.8 Å². The number of anilines is 1. The second-order valence-electron chi connectivity index (χ2n) is 6.65. The first-order valence-corrected chi connectivity index (χ1v) is 10.0. The quantitative estimate of drug-likeness (QED) is 0.845. The molecule has 2 fully saturated rings. The van der Waals surface area contributed by atoms with Crippen molar-refractivity contribution in [2.24, 2.45) is 5.41 Å². The summed E-state index contributed by atoms with van der Waals surface area (Å²) in [6.07, 6.45) is 1.93. The van der Waals surface area contributed by atoms with Crippen molar-refractivity contribution in [3.63, 3.8) is 0 Å². The minimum Gasteiger partial charge on any atom is -0.379 e. The minimum absolute atomic E-state index is 0.104. The number of sulfonamides is 1. The monoisotopic (exact) mass is 338 g/mol. The van der Waals surface area contributed by atoms with Gasteiger partial charge in [0.2, 0.25) is 10.0 Å². The lowest BCUT2D eigenvalue weighted by Crippen LogP contribution is -2.52. The Morgan fingerprint density at radius 1 is 1.17 bits per heavy atom. The van der Waals surface area contributed by atoms with Gasteiger partial charge in [0.1, 0.15) is 0 Å². The smallest absolute Gasteiger partial charge is 0.213 e. The Kier molecular flexibility index (Phi) is 4.94. The lowest BCUT2D eigenvalue weighted by Gasteiger charge is -2.43. The second-order valence-corrected chi connectivity index (χ2v) is 8.90. The predicted molar refractivity (Wildman–Crippen MR) is 92.2 cm³/mol. The van der Waals surface area contributed by atoms with Crippen molar-refractivity contribution in [2.45, 2.75) is 19.8 Å². The maximum atomic E-state index is 12.3. The van der Waals surface area contributed by atoms with Crippen molar-refractivity contribution in [3.8, 4) is 0 Å². The summed E-state index contributed by atoms with van der Waals surface area (Å²) < 4.78 is 32.1. The third kappa shape index (κ3) is 3.70. The van der Waals surface area contributed by atoms with Gasteiger partial charge in [0.15, 0.2) is 0 Å². The molecule has 0 aliphatic carbocycles. The van der Waals surface area contributed by atoms with E-state index in [1.165, 1.54) is 5.69 Å². The Hall–Kier alpha value is -1.11. The zero-order valence-corrected chi connectivity index (χ0v) is 14.6. The molecule has 0 radical (unpaired) electrons. The minimum atomic E-state index is -3.13. The van der Waals surface area contributed by atoms with E-state index < -0.39 is 10.0 Å². The van der Waals surface area contributed by atoms with Gasteiger partial charge in [0, 0.05) is 37.3 Å². The Bertz CT molecular complexity index is 620. The average molecular weight is 338 g/mol. The van der Waals surface area contributed by atoms with Crippen molar-refractivity contribution in [3.05, 3.63) is 30.3 Å². The van der Waals surface area contributed by atoms with Crippen molar-refractivity contribution in [1.29, 1.82) is 0 Å². The van der Waals surface area contributed by atoms with Crippen molar-refractivity contribution in [2.75, 3.05) is 50.0 Å². The van der Waals surface area contributed by atoms with Crippen LogP contribution < -0.4 is 4.90 Å². The van der Waals surface area contributed by atoms with Crippen LogP contribution in [0.4, 0.5) is 5.69 Å². The highest BCUT2D eigenvalue weighted by Gasteiger charge is 2.41. The Morgan fingerprint density at radius 3 is 2.70 bits per heavy atom. The van der Waals surface area contributed by atoms with Gasteiger partial charge in [-0.2, -0.15) is 0 Å². The van der Waals surface area contributed by atoms with E-state index >= 15 is 0 Å². The van der Waals surface area contributed by atoms with E-state index in [0.717, 1.165) is 25.9 Å². The zero-order valence-electron chi connectivity index (χ0n) is 13.8. The number of benzene rings is 1. The fourth-order valence-electron chi connectivity index (χ4n) is 3.68. The number of ether oxygens (including phenoxy) is 1. The SMILES string of the molecule is CCS(=O)(=O)N1CCCC2(COCCN(c3ccccc3)C2)C1. The van der Waals surface area contributed by atoms with E-state index in [1.807, 2.05) is 18.2 Å². The lowest BCUT2D eigenvalue weighted by molar-refractivity contribution is 0.0351. The van der Waals surface area contributed by atoms with Gasteiger partial charge in [-0.3, -0.25) is 0 Å². The van der Waals surface area contributed by atoms with Crippen LogP contribution in [0, 0.1) is 5.41 Å². The van der Waals surface area contributed by atoms with Gasteiger partial charge in [0.25, 0.3) is 0 Å². The molecule has 6 heteroatoms.